The van der Waals surface area contributed by atoms with Crippen molar-refractivity contribution in [3.05, 3.63) is 121 Å². The van der Waals surface area contributed by atoms with Gasteiger partial charge in [0.15, 0.2) is 0 Å². The van der Waals surface area contributed by atoms with E-state index in [2.05, 4.69) is 163 Å². The molecule has 0 saturated carbocycles. The molecule has 0 aliphatic rings. The quantitative estimate of drug-likeness (QED) is 0.148. The lowest BCUT2D eigenvalue weighted by molar-refractivity contribution is 0.0718. The van der Waals surface area contributed by atoms with E-state index in [0.717, 1.165) is 0 Å². The maximum absolute atomic E-state index is 6.99. The van der Waals surface area contributed by atoms with Crippen molar-refractivity contribution in [3.63, 3.8) is 0 Å². The van der Waals surface area contributed by atoms with Gasteiger partial charge in [-0.3, -0.25) is 0 Å². The summed E-state index contributed by atoms with van der Waals surface area (Å²) in [5.74, 6) is 0. The highest BCUT2D eigenvalue weighted by Gasteiger charge is 2.51. The molecule has 5 heteroatoms. The Morgan fingerprint density at radius 3 is 0.854 bits per heavy atom. The first kappa shape index (κ1) is 31.1. The average Bonchev–Trinajstić information content (AvgIpc) is 2.97. The minimum Gasteiger partial charge on any atom is -0.405 e. The van der Waals surface area contributed by atoms with Crippen LogP contribution < -0.4 is 20.7 Å². The first-order valence-corrected chi connectivity index (χ1v) is 18.5. The Balaban J connectivity index is 1.47. The smallest absolute Gasteiger partial charge is 0.261 e. The molecule has 4 rings (SSSR count). The fourth-order valence-corrected chi connectivity index (χ4v) is 15.2. The molecule has 216 valence electrons. The van der Waals surface area contributed by atoms with E-state index < -0.39 is 16.6 Å². The minimum atomic E-state index is -2.57. The first-order chi connectivity index (χ1) is 19.6. The lowest BCUT2D eigenvalue weighted by atomic mass is 10.2. The van der Waals surface area contributed by atoms with Crippen LogP contribution in [-0.4, -0.2) is 43.1 Å². The van der Waals surface area contributed by atoms with Crippen molar-refractivity contribution in [2.45, 2.75) is 51.6 Å². The summed E-state index contributed by atoms with van der Waals surface area (Å²) in [6, 6.07) is 43.1. The maximum atomic E-state index is 6.99. The van der Waals surface area contributed by atoms with Crippen LogP contribution in [0, 0.1) is 0 Å². The van der Waals surface area contributed by atoms with Crippen LogP contribution in [0.2, 0.25) is 10.1 Å². The summed E-state index contributed by atoms with van der Waals surface area (Å²) >= 11 is 0. The van der Waals surface area contributed by atoms with E-state index >= 15 is 0 Å². The standard InChI is InChI=1S/C36H46O3Si2/c1-35(2,3)40(31-19-11-7-12-20-31,32-21-13-8-14-22-32)38-29-27-37-28-30-39-41(36(4,5)6,33-23-15-9-16-24-33)34-25-17-10-18-26-34/h7-26H,27-30H2,1-6H3. The summed E-state index contributed by atoms with van der Waals surface area (Å²) < 4.78 is 20.2. The molecular weight excluding hydrogens is 537 g/mol. The van der Waals surface area contributed by atoms with E-state index in [9.17, 15) is 0 Å². The molecule has 0 bridgehead atoms. The van der Waals surface area contributed by atoms with Gasteiger partial charge in [-0.25, -0.2) is 0 Å². The summed E-state index contributed by atoms with van der Waals surface area (Å²) in [6.07, 6.45) is 0. The van der Waals surface area contributed by atoms with Gasteiger partial charge in [0.05, 0.1) is 26.4 Å². The molecule has 0 atom stereocenters. The van der Waals surface area contributed by atoms with Crippen LogP contribution in [0.15, 0.2) is 121 Å². The summed E-state index contributed by atoms with van der Waals surface area (Å²) in [5.41, 5.74) is 0. The third-order valence-electron chi connectivity index (χ3n) is 7.93. The highest BCUT2D eigenvalue weighted by molar-refractivity contribution is 7.00. The molecule has 0 aliphatic carbocycles. The van der Waals surface area contributed by atoms with Crippen molar-refractivity contribution in [2.75, 3.05) is 26.4 Å². The zero-order chi connectivity index (χ0) is 29.4. The van der Waals surface area contributed by atoms with Gasteiger partial charge in [-0.2, -0.15) is 0 Å². The number of benzene rings is 4. The highest BCUT2D eigenvalue weighted by Crippen LogP contribution is 2.37. The Bertz CT molecular complexity index is 1130. The van der Waals surface area contributed by atoms with Crippen molar-refractivity contribution in [1.82, 2.24) is 0 Å². The molecule has 3 nitrogen and oxygen atoms in total. The van der Waals surface area contributed by atoms with Gasteiger partial charge >= 0.3 is 0 Å². The molecule has 0 fully saturated rings. The number of ether oxygens (including phenoxy) is 1. The van der Waals surface area contributed by atoms with Crippen molar-refractivity contribution < 1.29 is 13.6 Å². The zero-order valence-electron chi connectivity index (χ0n) is 25.6. The SMILES string of the molecule is CC(C)(C)[Si](OCCOCCO[Si](c1ccccc1)(c1ccccc1)C(C)(C)C)(c1ccccc1)c1ccccc1. The lowest BCUT2D eigenvalue weighted by Gasteiger charge is -2.43. The second-order valence-corrected chi connectivity index (χ2v) is 21.2. The third-order valence-corrected chi connectivity index (χ3v) is 18.0. The van der Waals surface area contributed by atoms with Crippen LogP contribution in [0.1, 0.15) is 41.5 Å². The van der Waals surface area contributed by atoms with E-state index in [4.69, 9.17) is 13.6 Å². The van der Waals surface area contributed by atoms with Crippen molar-refractivity contribution in [3.8, 4) is 0 Å². The number of hydrogen-bond acceptors (Lipinski definition) is 3. The predicted octanol–water partition coefficient (Wildman–Crippen LogP) is 6.16. The minimum absolute atomic E-state index is 0.0535. The molecular formula is C36H46O3Si2. The fourth-order valence-electron chi connectivity index (χ4n) is 6.13. The van der Waals surface area contributed by atoms with Crippen molar-refractivity contribution >= 4 is 37.4 Å². The summed E-state index contributed by atoms with van der Waals surface area (Å²) in [4.78, 5) is 0. The van der Waals surface area contributed by atoms with E-state index in [1.165, 1.54) is 20.7 Å². The van der Waals surface area contributed by atoms with Gasteiger partial charge in [-0.05, 0) is 30.8 Å². The van der Waals surface area contributed by atoms with E-state index in [0.29, 0.717) is 26.4 Å². The van der Waals surface area contributed by atoms with Crippen LogP contribution in [0.25, 0.3) is 0 Å². The van der Waals surface area contributed by atoms with Gasteiger partial charge in [0.2, 0.25) is 0 Å². The molecule has 0 saturated heterocycles. The Kier molecular flexibility index (Phi) is 10.2. The summed E-state index contributed by atoms with van der Waals surface area (Å²) in [6.45, 7) is 15.9. The zero-order valence-corrected chi connectivity index (χ0v) is 27.6. The Morgan fingerprint density at radius 2 is 0.634 bits per heavy atom. The van der Waals surface area contributed by atoms with Crippen LogP contribution in [0.4, 0.5) is 0 Å². The molecule has 0 spiro atoms. The molecule has 0 N–H and O–H groups in total. The Labute approximate surface area is 249 Å². The van der Waals surface area contributed by atoms with Crippen molar-refractivity contribution in [1.29, 1.82) is 0 Å². The van der Waals surface area contributed by atoms with Crippen LogP contribution in [-0.2, 0) is 13.6 Å². The summed E-state index contributed by atoms with van der Waals surface area (Å²) in [7, 11) is -5.13. The second-order valence-electron chi connectivity index (χ2n) is 12.6. The monoisotopic (exact) mass is 582 g/mol. The lowest BCUT2D eigenvalue weighted by Crippen LogP contribution is -2.67. The molecule has 0 aliphatic heterocycles. The topological polar surface area (TPSA) is 27.7 Å². The van der Waals surface area contributed by atoms with E-state index in [-0.39, 0.29) is 10.1 Å². The molecule has 0 unspecified atom stereocenters. The largest absolute Gasteiger partial charge is 0.405 e. The van der Waals surface area contributed by atoms with Gasteiger partial charge in [-0.15, -0.1) is 0 Å². The Hall–Kier alpha value is -2.81. The second kappa shape index (κ2) is 13.4. The molecule has 41 heavy (non-hydrogen) atoms. The molecule has 0 heterocycles. The molecule has 0 radical (unpaired) electrons. The summed E-state index contributed by atoms with van der Waals surface area (Å²) in [5, 5.41) is 5.04. The van der Waals surface area contributed by atoms with Gasteiger partial charge in [-0.1, -0.05) is 163 Å². The molecule has 0 amide bonds. The van der Waals surface area contributed by atoms with Crippen LogP contribution in [0.3, 0.4) is 0 Å². The van der Waals surface area contributed by atoms with Crippen LogP contribution >= 0.6 is 0 Å². The molecule has 4 aromatic rings. The fraction of sp³-hybridized carbons (Fsp3) is 0.333. The first-order valence-electron chi connectivity index (χ1n) is 14.7. The number of hydrogen-bond donors (Lipinski definition) is 0. The molecule has 4 aromatic carbocycles. The van der Waals surface area contributed by atoms with E-state index in [1.54, 1.807) is 0 Å². The highest BCUT2D eigenvalue weighted by atomic mass is 28.4. The van der Waals surface area contributed by atoms with Gasteiger partial charge in [0.25, 0.3) is 16.6 Å². The third kappa shape index (κ3) is 6.66. The average molecular weight is 583 g/mol. The molecule has 0 aromatic heterocycles. The maximum Gasteiger partial charge on any atom is 0.261 e. The normalized spacial score (nSPS) is 12.8. The predicted molar refractivity (Wildman–Crippen MR) is 178 cm³/mol. The van der Waals surface area contributed by atoms with Gasteiger partial charge in [0.1, 0.15) is 0 Å². The van der Waals surface area contributed by atoms with Gasteiger partial charge in [0, 0.05) is 0 Å². The van der Waals surface area contributed by atoms with Crippen LogP contribution in [0.5, 0.6) is 0 Å². The van der Waals surface area contributed by atoms with Gasteiger partial charge < -0.3 is 13.6 Å². The number of rotatable bonds is 12. The Morgan fingerprint density at radius 1 is 0.390 bits per heavy atom. The van der Waals surface area contributed by atoms with Crippen molar-refractivity contribution in [2.24, 2.45) is 0 Å². The van der Waals surface area contributed by atoms with E-state index in [1.807, 2.05) is 0 Å².